The third-order valence-corrected chi connectivity index (χ3v) is 2.37. The molecule has 0 aliphatic carbocycles. The molecule has 1 aromatic heterocycles. The van der Waals surface area contributed by atoms with E-state index in [1.807, 2.05) is 0 Å². The van der Waals surface area contributed by atoms with E-state index in [-0.39, 0.29) is 29.6 Å². The zero-order valence-electron chi connectivity index (χ0n) is 7.34. The van der Waals surface area contributed by atoms with Crippen LogP contribution < -0.4 is 29.6 Å². The van der Waals surface area contributed by atoms with Gasteiger partial charge >= 0.3 is 35.7 Å². The molecule has 0 saturated carbocycles. The van der Waals surface area contributed by atoms with Gasteiger partial charge in [0.15, 0.2) is 0 Å². The summed E-state index contributed by atoms with van der Waals surface area (Å²) in [5, 5.41) is -0.687. The monoisotopic (exact) mass is 267 g/mol. The molecule has 0 spiro atoms. The molecule has 0 aliphatic heterocycles. The molecule has 0 bridgehead atoms. The zero-order chi connectivity index (χ0) is 10.9. The fourth-order valence-corrected chi connectivity index (χ4v) is 1.41. The number of hydrogen-bond acceptors (Lipinski definition) is 3. The van der Waals surface area contributed by atoms with Crippen LogP contribution in [0.25, 0.3) is 0 Å². The molecular formula is C6H2ClF3NNaO2S. The summed E-state index contributed by atoms with van der Waals surface area (Å²) in [7, 11) is 0. The van der Waals surface area contributed by atoms with E-state index in [2.05, 4.69) is 4.98 Å². The summed E-state index contributed by atoms with van der Waals surface area (Å²) >= 11 is 2.54. The molecule has 9 heteroatoms. The Morgan fingerprint density at radius 2 is 1.93 bits per heavy atom. The molecule has 15 heavy (non-hydrogen) atoms. The first kappa shape index (κ1) is 15.3. The molecule has 1 atom stereocenters. The second kappa shape index (κ2) is 5.60. The van der Waals surface area contributed by atoms with E-state index in [1.165, 1.54) is 0 Å². The minimum Gasteiger partial charge on any atom is -0.768 e. The molecule has 0 aromatic carbocycles. The summed E-state index contributed by atoms with van der Waals surface area (Å²) < 4.78 is 56.8. The predicted octanol–water partition coefficient (Wildman–Crippen LogP) is -1.00. The largest absolute Gasteiger partial charge is 1.00 e. The van der Waals surface area contributed by atoms with Crippen molar-refractivity contribution >= 4 is 22.7 Å². The van der Waals surface area contributed by atoms with Crippen molar-refractivity contribution in [2.24, 2.45) is 0 Å². The van der Waals surface area contributed by atoms with Gasteiger partial charge in [0.2, 0.25) is 0 Å². The van der Waals surface area contributed by atoms with Crippen LogP contribution in [0.3, 0.4) is 0 Å². The number of aromatic nitrogens is 1. The molecule has 0 radical (unpaired) electrons. The number of halogens is 4. The van der Waals surface area contributed by atoms with E-state index >= 15 is 0 Å². The molecule has 1 unspecified atom stereocenters. The molecule has 0 aliphatic rings. The van der Waals surface area contributed by atoms with Crippen LogP contribution in [0.2, 0.25) is 5.15 Å². The van der Waals surface area contributed by atoms with Crippen LogP contribution in [0.1, 0.15) is 5.69 Å². The maximum Gasteiger partial charge on any atom is 1.00 e. The minimum atomic E-state index is -4.63. The third-order valence-electron chi connectivity index (χ3n) is 1.28. The Bertz CT molecular complexity index is 387. The van der Waals surface area contributed by atoms with E-state index < -0.39 is 33.0 Å². The summed E-state index contributed by atoms with van der Waals surface area (Å²) in [4.78, 5) is 2.45. The smallest absolute Gasteiger partial charge is 0.768 e. The number of nitrogens with zero attached hydrogens (tertiary/aromatic N) is 1. The topological polar surface area (TPSA) is 53.0 Å². The van der Waals surface area contributed by atoms with Crippen LogP contribution in [0, 0.1) is 0 Å². The molecular weight excluding hydrogens is 266 g/mol. The van der Waals surface area contributed by atoms with Crippen molar-refractivity contribution in [1.29, 1.82) is 0 Å². The molecule has 78 valence electrons. The van der Waals surface area contributed by atoms with E-state index in [1.54, 1.807) is 0 Å². The second-order valence-corrected chi connectivity index (χ2v) is 3.49. The van der Waals surface area contributed by atoms with E-state index in [0.29, 0.717) is 6.07 Å². The predicted molar refractivity (Wildman–Crippen MR) is 41.4 cm³/mol. The summed E-state index contributed by atoms with van der Waals surface area (Å²) in [5.74, 6) is 0. The quantitative estimate of drug-likeness (QED) is 0.372. The maximum absolute atomic E-state index is 12.0. The van der Waals surface area contributed by atoms with E-state index in [9.17, 15) is 21.9 Å². The number of alkyl halides is 3. The van der Waals surface area contributed by atoms with Gasteiger partial charge in [0, 0.05) is 0 Å². The van der Waals surface area contributed by atoms with Gasteiger partial charge in [-0.3, -0.25) is 4.21 Å². The van der Waals surface area contributed by atoms with Gasteiger partial charge in [0.1, 0.15) is 10.8 Å². The van der Waals surface area contributed by atoms with Crippen molar-refractivity contribution in [3.8, 4) is 0 Å². The van der Waals surface area contributed by atoms with Gasteiger partial charge in [-0.05, 0) is 23.2 Å². The van der Waals surface area contributed by atoms with Crippen molar-refractivity contribution in [2.45, 2.75) is 11.1 Å². The van der Waals surface area contributed by atoms with Gasteiger partial charge in [-0.2, -0.15) is 13.2 Å². The molecule has 0 saturated heterocycles. The minimum absolute atomic E-state index is 0. The van der Waals surface area contributed by atoms with E-state index in [0.717, 1.165) is 6.07 Å². The Morgan fingerprint density at radius 1 is 1.40 bits per heavy atom. The summed E-state index contributed by atoms with van der Waals surface area (Å²) in [6.07, 6.45) is -4.63. The average Bonchev–Trinajstić information content (AvgIpc) is 2.01. The normalized spacial score (nSPS) is 13.1. The second-order valence-electron chi connectivity index (χ2n) is 2.22. The van der Waals surface area contributed by atoms with Gasteiger partial charge in [0.05, 0.1) is 4.90 Å². The van der Waals surface area contributed by atoms with Crippen LogP contribution >= 0.6 is 11.6 Å². The Morgan fingerprint density at radius 3 is 2.27 bits per heavy atom. The molecule has 0 N–H and O–H groups in total. The van der Waals surface area contributed by atoms with Crippen LogP contribution in [-0.4, -0.2) is 13.7 Å². The fourth-order valence-electron chi connectivity index (χ4n) is 0.704. The first-order valence-corrected chi connectivity index (χ1v) is 4.60. The van der Waals surface area contributed by atoms with E-state index in [4.69, 9.17) is 11.6 Å². The van der Waals surface area contributed by atoms with Gasteiger partial charge in [-0.1, -0.05) is 11.6 Å². The van der Waals surface area contributed by atoms with Crippen LogP contribution in [0.4, 0.5) is 13.2 Å². The summed E-state index contributed by atoms with van der Waals surface area (Å²) in [5.41, 5.74) is -1.23. The summed E-state index contributed by atoms with van der Waals surface area (Å²) in [6, 6.07) is 1.30. The number of hydrogen-bond donors (Lipinski definition) is 0. The molecule has 0 amide bonds. The van der Waals surface area contributed by atoms with Crippen LogP contribution in [-0.2, 0) is 17.3 Å². The van der Waals surface area contributed by atoms with Gasteiger partial charge in [0.25, 0.3) is 0 Å². The Hall–Kier alpha value is 0.340. The molecule has 1 aromatic rings. The Kier molecular flexibility index (Phi) is 5.73. The Balaban J connectivity index is 0.00000196. The maximum atomic E-state index is 12.0. The SMILES string of the molecule is O=S([O-])c1ccc(C(F)(F)F)nc1Cl.[Na+]. The standard InChI is InChI=1S/C6H3ClF3NO2S.Na/c7-5-3(14(12)13)1-2-4(11-5)6(8,9)10;/h1-2H,(H,12,13);/q;+1/p-1. The molecule has 1 rings (SSSR count). The van der Waals surface area contributed by atoms with Crippen molar-refractivity contribution < 1.29 is 51.5 Å². The first-order valence-electron chi connectivity index (χ1n) is 3.15. The zero-order valence-corrected chi connectivity index (χ0v) is 10.9. The Labute approximate surface area is 113 Å². The number of pyridine rings is 1. The van der Waals surface area contributed by atoms with Gasteiger partial charge in [-0.15, -0.1) is 0 Å². The number of rotatable bonds is 1. The van der Waals surface area contributed by atoms with Crippen molar-refractivity contribution in [3.63, 3.8) is 0 Å². The van der Waals surface area contributed by atoms with Gasteiger partial charge in [-0.25, -0.2) is 4.98 Å². The summed E-state index contributed by atoms with van der Waals surface area (Å²) in [6.45, 7) is 0. The molecule has 3 nitrogen and oxygen atoms in total. The van der Waals surface area contributed by atoms with Crippen LogP contribution in [0.5, 0.6) is 0 Å². The van der Waals surface area contributed by atoms with Crippen molar-refractivity contribution in [3.05, 3.63) is 23.0 Å². The first-order chi connectivity index (χ1) is 6.32. The molecule has 0 fully saturated rings. The fraction of sp³-hybridized carbons (Fsp3) is 0.167. The van der Waals surface area contributed by atoms with Crippen molar-refractivity contribution in [2.75, 3.05) is 0 Å². The van der Waals surface area contributed by atoms with Gasteiger partial charge < -0.3 is 4.55 Å². The third kappa shape index (κ3) is 4.01. The van der Waals surface area contributed by atoms with Crippen molar-refractivity contribution in [1.82, 2.24) is 4.98 Å². The molecule has 1 heterocycles. The van der Waals surface area contributed by atoms with Crippen LogP contribution in [0.15, 0.2) is 17.0 Å². The average molecular weight is 268 g/mol.